The van der Waals surface area contributed by atoms with Crippen molar-refractivity contribution in [2.24, 2.45) is 5.92 Å². The Bertz CT molecular complexity index is 677. The summed E-state index contributed by atoms with van der Waals surface area (Å²) >= 11 is 5.95. The van der Waals surface area contributed by atoms with Crippen molar-refractivity contribution in [3.63, 3.8) is 0 Å². The molecule has 0 aliphatic carbocycles. The maximum Gasteiger partial charge on any atom is 0.321 e. The Morgan fingerprint density at radius 1 is 1.28 bits per heavy atom. The highest BCUT2D eigenvalue weighted by molar-refractivity contribution is 6.30. The maximum absolute atomic E-state index is 12.3. The van der Waals surface area contributed by atoms with E-state index < -0.39 is 29.9 Å². The lowest BCUT2D eigenvalue weighted by Crippen LogP contribution is -2.47. The van der Waals surface area contributed by atoms with Gasteiger partial charge in [0.15, 0.2) is 6.10 Å². The number of imide groups is 1. The number of hydrogen-bond acceptors (Lipinski definition) is 5. The standard InChI is InChI=1S/C17H21ClN2O5/c1-9(2)19-17(23)20-15(21)10(3)25-16(22)12-6-11-7-13(18)4-5-14(11)24-8-12/h4-5,7,9-10,12H,6,8H2,1-3H3,(H2,19,20,21,23)/t10-,12-/m0/s1. The van der Waals surface area contributed by atoms with E-state index in [-0.39, 0.29) is 12.6 Å². The lowest BCUT2D eigenvalue weighted by molar-refractivity contribution is -0.159. The summed E-state index contributed by atoms with van der Waals surface area (Å²) in [6.45, 7) is 5.10. The molecule has 2 atom stereocenters. The molecule has 0 radical (unpaired) electrons. The fourth-order valence-electron chi connectivity index (χ4n) is 2.35. The van der Waals surface area contributed by atoms with Crippen LogP contribution in [0.15, 0.2) is 18.2 Å². The van der Waals surface area contributed by atoms with Crippen LogP contribution in [-0.4, -0.2) is 36.7 Å². The van der Waals surface area contributed by atoms with Gasteiger partial charge in [0.05, 0.1) is 5.92 Å². The third-order valence-electron chi connectivity index (χ3n) is 3.58. The van der Waals surface area contributed by atoms with Crippen LogP contribution in [0.1, 0.15) is 26.3 Å². The zero-order valence-electron chi connectivity index (χ0n) is 14.3. The van der Waals surface area contributed by atoms with Crippen molar-refractivity contribution in [3.8, 4) is 5.75 Å². The monoisotopic (exact) mass is 368 g/mol. The minimum Gasteiger partial charge on any atom is -0.492 e. The minimum atomic E-state index is -1.09. The molecule has 2 N–H and O–H groups in total. The second-order valence-electron chi connectivity index (χ2n) is 6.16. The fraction of sp³-hybridized carbons (Fsp3) is 0.471. The molecule has 0 fully saturated rings. The average molecular weight is 369 g/mol. The summed E-state index contributed by atoms with van der Waals surface area (Å²) in [7, 11) is 0. The van der Waals surface area contributed by atoms with Gasteiger partial charge in [0.2, 0.25) is 0 Å². The van der Waals surface area contributed by atoms with Gasteiger partial charge in [-0.15, -0.1) is 0 Å². The number of fused-ring (bicyclic) bond motifs is 1. The molecular weight excluding hydrogens is 348 g/mol. The van der Waals surface area contributed by atoms with E-state index in [1.807, 2.05) is 0 Å². The molecule has 8 heteroatoms. The molecule has 1 heterocycles. The summed E-state index contributed by atoms with van der Waals surface area (Å²) in [5.74, 6) is -1.10. The third-order valence-corrected chi connectivity index (χ3v) is 3.82. The molecule has 0 bridgehead atoms. The van der Waals surface area contributed by atoms with E-state index in [1.165, 1.54) is 6.92 Å². The molecule has 3 amide bonds. The predicted octanol–water partition coefficient (Wildman–Crippen LogP) is 2.06. The number of rotatable bonds is 4. The van der Waals surface area contributed by atoms with Gasteiger partial charge < -0.3 is 14.8 Å². The maximum atomic E-state index is 12.3. The third kappa shape index (κ3) is 5.35. The van der Waals surface area contributed by atoms with Gasteiger partial charge in [-0.05, 0) is 51.0 Å². The molecule has 7 nitrogen and oxygen atoms in total. The Morgan fingerprint density at radius 2 is 2.00 bits per heavy atom. The van der Waals surface area contributed by atoms with Crippen molar-refractivity contribution in [3.05, 3.63) is 28.8 Å². The van der Waals surface area contributed by atoms with Crippen LogP contribution in [0.3, 0.4) is 0 Å². The predicted molar refractivity (Wildman–Crippen MR) is 91.5 cm³/mol. The van der Waals surface area contributed by atoms with E-state index in [0.717, 1.165) is 5.56 Å². The van der Waals surface area contributed by atoms with Crippen molar-refractivity contribution in [1.82, 2.24) is 10.6 Å². The molecule has 0 saturated heterocycles. The highest BCUT2D eigenvalue weighted by Crippen LogP contribution is 2.30. The first kappa shape index (κ1) is 19.1. The molecule has 25 heavy (non-hydrogen) atoms. The Morgan fingerprint density at radius 3 is 2.68 bits per heavy atom. The highest BCUT2D eigenvalue weighted by atomic mass is 35.5. The van der Waals surface area contributed by atoms with Crippen LogP contribution < -0.4 is 15.4 Å². The van der Waals surface area contributed by atoms with E-state index in [9.17, 15) is 14.4 Å². The molecule has 1 aromatic carbocycles. The van der Waals surface area contributed by atoms with Gasteiger partial charge in [-0.1, -0.05) is 11.6 Å². The average Bonchev–Trinajstić information content (AvgIpc) is 2.52. The molecule has 1 aliphatic heterocycles. The number of benzene rings is 1. The summed E-state index contributed by atoms with van der Waals surface area (Å²) in [6, 6.07) is 4.46. The van der Waals surface area contributed by atoms with E-state index in [4.69, 9.17) is 21.1 Å². The summed E-state index contributed by atoms with van der Waals surface area (Å²) in [4.78, 5) is 35.7. The molecule has 0 unspecified atom stereocenters. The first-order valence-corrected chi connectivity index (χ1v) is 8.37. The van der Waals surface area contributed by atoms with Crippen molar-refractivity contribution < 1.29 is 23.9 Å². The van der Waals surface area contributed by atoms with Gasteiger partial charge in [-0.25, -0.2) is 4.79 Å². The van der Waals surface area contributed by atoms with Crippen LogP contribution >= 0.6 is 11.6 Å². The lowest BCUT2D eigenvalue weighted by atomic mass is 9.97. The molecule has 0 spiro atoms. The Balaban J connectivity index is 1.89. The van der Waals surface area contributed by atoms with Crippen LogP contribution in [0.4, 0.5) is 4.79 Å². The molecule has 2 rings (SSSR count). The molecule has 1 aromatic rings. The first-order chi connectivity index (χ1) is 11.8. The number of urea groups is 1. The molecule has 0 saturated carbocycles. The van der Waals surface area contributed by atoms with Crippen molar-refractivity contribution in [2.45, 2.75) is 39.3 Å². The van der Waals surface area contributed by atoms with Gasteiger partial charge in [-0.2, -0.15) is 0 Å². The number of carbonyl (C=O) groups excluding carboxylic acids is 3. The van der Waals surface area contributed by atoms with Crippen molar-refractivity contribution in [1.29, 1.82) is 0 Å². The molecular formula is C17H21ClN2O5. The van der Waals surface area contributed by atoms with Crippen LogP contribution in [0.2, 0.25) is 5.02 Å². The molecule has 136 valence electrons. The normalized spacial score (nSPS) is 17.1. The quantitative estimate of drug-likeness (QED) is 0.793. The smallest absolute Gasteiger partial charge is 0.321 e. The van der Waals surface area contributed by atoms with Gasteiger partial charge >= 0.3 is 12.0 Å². The second kappa shape index (κ2) is 8.20. The number of halogens is 1. The van der Waals surface area contributed by atoms with Crippen LogP contribution in [-0.2, 0) is 20.7 Å². The van der Waals surface area contributed by atoms with Gasteiger partial charge in [-0.3, -0.25) is 14.9 Å². The lowest BCUT2D eigenvalue weighted by Gasteiger charge is -2.25. The highest BCUT2D eigenvalue weighted by Gasteiger charge is 2.30. The minimum absolute atomic E-state index is 0.114. The summed E-state index contributed by atoms with van der Waals surface area (Å²) in [5.41, 5.74) is 0.814. The number of nitrogens with one attached hydrogen (secondary N) is 2. The summed E-state index contributed by atoms with van der Waals surface area (Å²) in [5, 5.41) is 5.20. The number of carbonyl (C=O) groups is 3. The number of hydrogen-bond donors (Lipinski definition) is 2. The van der Waals surface area contributed by atoms with Gasteiger partial charge in [0.25, 0.3) is 5.91 Å². The van der Waals surface area contributed by atoms with Gasteiger partial charge in [0.1, 0.15) is 12.4 Å². The second-order valence-corrected chi connectivity index (χ2v) is 6.60. The topological polar surface area (TPSA) is 93.7 Å². The van der Waals surface area contributed by atoms with Crippen molar-refractivity contribution >= 4 is 29.5 Å². The summed E-state index contributed by atoms with van der Waals surface area (Å²) in [6.07, 6.45) is -0.678. The Kier molecular flexibility index (Phi) is 6.25. The fourth-order valence-corrected chi connectivity index (χ4v) is 2.54. The number of ether oxygens (including phenoxy) is 2. The van der Waals surface area contributed by atoms with Crippen LogP contribution in [0.25, 0.3) is 0 Å². The van der Waals surface area contributed by atoms with E-state index in [0.29, 0.717) is 17.2 Å². The van der Waals surface area contributed by atoms with Gasteiger partial charge in [0, 0.05) is 11.1 Å². The van der Waals surface area contributed by atoms with Crippen molar-refractivity contribution in [2.75, 3.05) is 6.61 Å². The SMILES string of the molecule is CC(C)NC(=O)NC(=O)[C@H](C)OC(=O)[C@@H]1COc2ccc(Cl)cc2C1. The zero-order chi connectivity index (χ0) is 18.6. The Hall–Kier alpha value is -2.28. The van der Waals surface area contributed by atoms with E-state index >= 15 is 0 Å². The van der Waals surface area contributed by atoms with E-state index in [1.54, 1.807) is 32.0 Å². The molecule has 1 aliphatic rings. The Labute approximate surface area is 151 Å². The molecule has 0 aromatic heterocycles. The zero-order valence-corrected chi connectivity index (χ0v) is 15.1. The number of amides is 3. The first-order valence-electron chi connectivity index (χ1n) is 7.99. The van der Waals surface area contributed by atoms with E-state index in [2.05, 4.69) is 10.6 Å². The van der Waals surface area contributed by atoms with Crippen LogP contribution in [0, 0.1) is 5.92 Å². The summed E-state index contributed by atoms with van der Waals surface area (Å²) < 4.78 is 10.7. The van der Waals surface area contributed by atoms with Crippen LogP contribution in [0.5, 0.6) is 5.75 Å². The largest absolute Gasteiger partial charge is 0.492 e. The number of esters is 1.